The summed E-state index contributed by atoms with van der Waals surface area (Å²) in [4.78, 5) is 19.9. The fourth-order valence-electron chi connectivity index (χ4n) is 3.14. The van der Waals surface area contributed by atoms with Crippen molar-refractivity contribution in [1.82, 2.24) is 24.7 Å². The van der Waals surface area contributed by atoms with Gasteiger partial charge in [0.25, 0.3) is 5.56 Å². The van der Waals surface area contributed by atoms with Gasteiger partial charge in [-0.3, -0.25) is 4.79 Å². The van der Waals surface area contributed by atoms with Crippen molar-refractivity contribution in [3.8, 4) is 0 Å². The van der Waals surface area contributed by atoms with Gasteiger partial charge in [-0.05, 0) is 24.6 Å². The van der Waals surface area contributed by atoms with E-state index in [-0.39, 0.29) is 10.8 Å². The van der Waals surface area contributed by atoms with Gasteiger partial charge in [0.05, 0.1) is 16.2 Å². The van der Waals surface area contributed by atoms with Gasteiger partial charge >= 0.3 is 0 Å². The van der Waals surface area contributed by atoms with Crippen LogP contribution in [-0.4, -0.2) is 24.7 Å². The summed E-state index contributed by atoms with van der Waals surface area (Å²) in [7, 11) is 0. The van der Waals surface area contributed by atoms with Gasteiger partial charge < -0.3 is 9.55 Å². The molecule has 0 aliphatic heterocycles. The number of benzene rings is 2. The molecule has 7 heteroatoms. The number of hydrogen-bond donors (Lipinski definition) is 1. The zero-order valence-electron chi connectivity index (χ0n) is 16.1. The summed E-state index contributed by atoms with van der Waals surface area (Å²) in [6, 6.07) is 17.5. The summed E-state index contributed by atoms with van der Waals surface area (Å²) in [5.41, 5.74) is 1.74. The number of rotatable bonds is 7. The smallest absolute Gasteiger partial charge is 0.258 e. The first-order valence-corrected chi connectivity index (χ1v) is 10.3. The summed E-state index contributed by atoms with van der Waals surface area (Å²) < 4.78 is 2.06. The van der Waals surface area contributed by atoms with Crippen LogP contribution in [0.5, 0.6) is 0 Å². The average molecular weight is 404 g/mol. The van der Waals surface area contributed by atoms with Crippen molar-refractivity contribution < 1.29 is 0 Å². The Morgan fingerprint density at radius 2 is 1.90 bits per heavy atom. The van der Waals surface area contributed by atoms with E-state index in [1.807, 2.05) is 49.4 Å². The number of aromatic nitrogens is 5. The van der Waals surface area contributed by atoms with Gasteiger partial charge in [-0.25, -0.2) is 4.98 Å². The molecule has 6 nitrogen and oxygen atoms in total. The molecular formula is C22H21N5OS. The zero-order chi connectivity index (χ0) is 20.2. The van der Waals surface area contributed by atoms with E-state index in [1.54, 1.807) is 6.07 Å². The van der Waals surface area contributed by atoms with E-state index in [0.29, 0.717) is 29.7 Å². The van der Waals surface area contributed by atoms with Gasteiger partial charge in [-0.15, -0.1) is 16.8 Å². The van der Waals surface area contributed by atoms with Crippen LogP contribution in [-0.2, 0) is 13.0 Å². The average Bonchev–Trinajstić information content (AvgIpc) is 3.10. The second-order valence-corrected chi connectivity index (χ2v) is 8.00. The van der Waals surface area contributed by atoms with Crippen molar-refractivity contribution in [1.29, 1.82) is 0 Å². The highest BCUT2D eigenvalue weighted by Gasteiger charge is 2.18. The molecule has 0 bridgehead atoms. The van der Waals surface area contributed by atoms with Gasteiger partial charge in [0.1, 0.15) is 11.6 Å². The van der Waals surface area contributed by atoms with E-state index in [4.69, 9.17) is 0 Å². The number of para-hydroxylation sites is 1. The molecule has 4 aromatic rings. The quantitative estimate of drug-likeness (QED) is 0.371. The van der Waals surface area contributed by atoms with Crippen LogP contribution >= 0.6 is 11.8 Å². The molecule has 0 aliphatic carbocycles. The Kier molecular flexibility index (Phi) is 5.57. The lowest BCUT2D eigenvalue weighted by atomic mass is 10.1. The second-order valence-electron chi connectivity index (χ2n) is 6.69. The molecule has 0 saturated heterocycles. The Morgan fingerprint density at radius 3 is 2.69 bits per heavy atom. The molecule has 2 heterocycles. The maximum atomic E-state index is 12.4. The Hall–Kier alpha value is -3.19. The number of allylic oxidation sites excluding steroid dienone is 1. The molecule has 0 radical (unpaired) electrons. The van der Waals surface area contributed by atoms with Crippen LogP contribution in [0.1, 0.15) is 29.4 Å². The summed E-state index contributed by atoms with van der Waals surface area (Å²) in [5, 5.41) is 10.1. The standard InChI is InChI=1S/C22H21N5OS/c1-3-13-27-19(14-16-9-5-4-6-10-16)25-26-22(27)29-15(2)20-23-18-12-8-7-11-17(18)21(28)24-20/h3-12,15H,1,13-14H2,2H3,(H,23,24,28)/t15-/m1/s1. The minimum absolute atomic E-state index is 0.0929. The van der Waals surface area contributed by atoms with Crippen molar-refractivity contribution in [3.05, 3.63) is 94.8 Å². The number of hydrogen-bond acceptors (Lipinski definition) is 5. The summed E-state index contributed by atoms with van der Waals surface area (Å²) in [5.74, 6) is 1.50. The first-order chi connectivity index (χ1) is 14.2. The maximum Gasteiger partial charge on any atom is 0.258 e. The van der Waals surface area contributed by atoms with Gasteiger partial charge in [-0.1, -0.05) is 60.3 Å². The van der Waals surface area contributed by atoms with Crippen LogP contribution < -0.4 is 5.56 Å². The molecule has 0 fully saturated rings. The molecule has 2 aromatic heterocycles. The topological polar surface area (TPSA) is 76.5 Å². The van der Waals surface area contributed by atoms with Gasteiger partial charge in [0.15, 0.2) is 5.16 Å². The number of nitrogens with zero attached hydrogens (tertiary/aromatic N) is 4. The molecule has 0 amide bonds. The van der Waals surface area contributed by atoms with Crippen molar-refractivity contribution in [2.24, 2.45) is 0 Å². The zero-order valence-corrected chi connectivity index (χ0v) is 16.9. The van der Waals surface area contributed by atoms with Gasteiger partial charge in [0, 0.05) is 13.0 Å². The fraction of sp³-hybridized carbons (Fsp3) is 0.182. The van der Waals surface area contributed by atoms with E-state index < -0.39 is 0 Å². The largest absolute Gasteiger partial charge is 0.309 e. The van der Waals surface area contributed by atoms with Gasteiger partial charge in [-0.2, -0.15) is 0 Å². The molecule has 2 aromatic carbocycles. The number of nitrogens with one attached hydrogen (secondary N) is 1. The summed E-state index contributed by atoms with van der Waals surface area (Å²) >= 11 is 1.52. The third kappa shape index (κ3) is 4.14. The number of thioether (sulfide) groups is 1. The highest BCUT2D eigenvalue weighted by Crippen LogP contribution is 2.32. The molecule has 0 unspecified atom stereocenters. The van der Waals surface area contributed by atoms with Crippen LogP contribution in [0.4, 0.5) is 0 Å². The SMILES string of the molecule is C=CCn1c(Cc2ccccc2)nnc1S[C@H](C)c1nc2ccccc2c(=O)[nH]1. The molecule has 0 aliphatic rings. The molecule has 1 N–H and O–H groups in total. The lowest BCUT2D eigenvalue weighted by Gasteiger charge is -2.12. The van der Waals surface area contributed by atoms with E-state index in [9.17, 15) is 4.79 Å². The number of H-pyrrole nitrogens is 1. The summed E-state index contributed by atoms with van der Waals surface area (Å²) in [6.07, 6.45) is 2.53. The van der Waals surface area contributed by atoms with Gasteiger partial charge in [0.2, 0.25) is 0 Å². The third-order valence-corrected chi connectivity index (χ3v) is 5.70. The predicted molar refractivity (Wildman–Crippen MR) is 116 cm³/mol. The first-order valence-electron chi connectivity index (χ1n) is 9.38. The molecule has 146 valence electrons. The minimum atomic E-state index is -0.129. The monoisotopic (exact) mass is 403 g/mol. The molecule has 0 saturated carbocycles. The van der Waals surface area contributed by atoms with E-state index in [0.717, 1.165) is 11.0 Å². The minimum Gasteiger partial charge on any atom is -0.309 e. The Bertz CT molecular complexity index is 1200. The van der Waals surface area contributed by atoms with E-state index in [1.165, 1.54) is 17.3 Å². The number of fused-ring (bicyclic) bond motifs is 1. The first kappa shape index (κ1) is 19.1. The highest BCUT2D eigenvalue weighted by molar-refractivity contribution is 7.99. The molecule has 1 atom stereocenters. The van der Waals surface area contributed by atoms with Crippen LogP contribution in [0.25, 0.3) is 10.9 Å². The van der Waals surface area contributed by atoms with Crippen LogP contribution in [0.15, 0.2) is 77.2 Å². The Morgan fingerprint density at radius 1 is 1.14 bits per heavy atom. The molecule has 0 spiro atoms. The second kappa shape index (κ2) is 8.45. The molecule has 29 heavy (non-hydrogen) atoms. The van der Waals surface area contributed by atoms with Crippen molar-refractivity contribution in [3.63, 3.8) is 0 Å². The van der Waals surface area contributed by atoms with Crippen molar-refractivity contribution >= 4 is 22.7 Å². The fourth-order valence-corrected chi connectivity index (χ4v) is 4.07. The molecule has 4 rings (SSSR count). The lowest BCUT2D eigenvalue weighted by molar-refractivity contribution is 0.688. The number of aromatic amines is 1. The Balaban J connectivity index is 1.62. The van der Waals surface area contributed by atoms with E-state index >= 15 is 0 Å². The lowest BCUT2D eigenvalue weighted by Crippen LogP contribution is -2.13. The van der Waals surface area contributed by atoms with Crippen LogP contribution in [0, 0.1) is 0 Å². The predicted octanol–water partition coefficient (Wildman–Crippen LogP) is 4.14. The van der Waals surface area contributed by atoms with Crippen molar-refractivity contribution in [2.75, 3.05) is 0 Å². The maximum absolute atomic E-state index is 12.4. The van der Waals surface area contributed by atoms with E-state index in [2.05, 4.69) is 43.4 Å². The summed E-state index contributed by atoms with van der Waals surface area (Å²) in [6.45, 7) is 6.48. The Labute approximate surface area is 172 Å². The van der Waals surface area contributed by atoms with Crippen LogP contribution in [0.2, 0.25) is 0 Å². The van der Waals surface area contributed by atoms with Crippen LogP contribution in [0.3, 0.4) is 0 Å². The normalized spacial score (nSPS) is 12.2. The van der Waals surface area contributed by atoms with Crippen molar-refractivity contribution in [2.45, 2.75) is 30.3 Å². The molecular weight excluding hydrogens is 382 g/mol. The highest BCUT2D eigenvalue weighted by atomic mass is 32.2. The third-order valence-electron chi connectivity index (χ3n) is 4.61.